The van der Waals surface area contributed by atoms with E-state index in [1.54, 1.807) is 12.1 Å². The molecule has 1 rings (SSSR count). The van der Waals surface area contributed by atoms with Gasteiger partial charge in [-0.25, -0.2) is 0 Å². The van der Waals surface area contributed by atoms with Crippen LogP contribution < -0.4 is 0 Å². The zero-order chi connectivity index (χ0) is 13.5. The summed E-state index contributed by atoms with van der Waals surface area (Å²) < 4.78 is 0. The standard InChI is InChI=1S/C14H19NO3/c1-3-9-15(10-13(16)17)14(18)12-7-5-11(4-2)6-8-12/h5-8H,3-4,9-10H2,1-2H3,(H,16,17). The molecule has 4 nitrogen and oxygen atoms in total. The first-order valence-corrected chi connectivity index (χ1v) is 6.18. The van der Waals surface area contributed by atoms with Crippen molar-refractivity contribution in [2.24, 2.45) is 0 Å². The lowest BCUT2D eigenvalue weighted by atomic mass is 10.1. The molecule has 0 aliphatic carbocycles. The monoisotopic (exact) mass is 249 g/mol. The second kappa shape index (κ2) is 6.79. The maximum Gasteiger partial charge on any atom is 0.323 e. The third kappa shape index (κ3) is 3.87. The molecule has 0 aliphatic heterocycles. The first-order valence-electron chi connectivity index (χ1n) is 6.18. The van der Waals surface area contributed by atoms with Gasteiger partial charge in [-0.1, -0.05) is 26.0 Å². The number of carboxylic acids is 1. The summed E-state index contributed by atoms with van der Waals surface area (Å²) in [5.41, 5.74) is 1.70. The number of nitrogens with zero attached hydrogens (tertiary/aromatic N) is 1. The number of benzene rings is 1. The van der Waals surface area contributed by atoms with Gasteiger partial charge in [0, 0.05) is 12.1 Å². The molecule has 0 bridgehead atoms. The number of carboxylic acid groups (broad SMARTS) is 1. The summed E-state index contributed by atoms with van der Waals surface area (Å²) in [6.07, 6.45) is 1.66. The van der Waals surface area contributed by atoms with Crippen molar-refractivity contribution < 1.29 is 14.7 Å². The number of aliphatic carboxylic acids is 1. The van der Waals surface area contributed by atoms with E-state index in [1.165, 1.54) is 4.90 Å². The van der Waals surface area contributed by atoms with Crippen LogP contribution in [0, 0.1) is 0 Å². The fourth-order valence-corrected chi connectivity index (χ4v) is 1.75. The van der Waals surface area contributed by atoms with Gasteiger partial charge in [0.1, 0.15) is 6.54 Å². The molecular formula is C14H19NO3. The largest absolute Gasteiger partial charge is 0.480 e. The van der Waals surface area contributed by atoms with Crippen LogP contribution in [-0.4, -0.2) is 35.0 Å². The van der Waals surface area contributed by atoms with Crippen molar-refractivity contribution in [2.75, 3.05) is 13.1 Å². The molecule has 0 fully saturated rings. The molecule has 0 saturated carbocycles. The van der Waals surface area contributed by atoms with E-state index in [9.17, 15) is 9.59 Å². The van der Waals surface area contributed by atoms with E-state index in [0.717, 1.165) is 18.4 Å². The number of amides is 1. The van der Waals surface area contributed by atoms with Gasteiger partial charge >= 0.3 is 5.97 Å². The molecule has 1 amide bonds. The second-order valence-corrected chi connectivity index (χ2v) is 4.17. The van der Waals surface area contributed by atoms with E-state index in [1.807, 2.05) is 26.0 Å². The van der Waals surface area contributed by atoms with Crippen LogP contribution in [0.4, 0.5) is 0 Å². The van der Waals surface area contributed by atoms with Gasteiger partial charge in [-0.2, -0.15) is 0 Å². The van der Waals surface area contributed by atoms with Crippen LogP contribution in [0.5, 0.6) is 0 Å². The quantitative estimate of drug-likeness (QED) is 0.840. The normalized spacial score (nSPS) is 10.1. The lowest BCUT2D eigenvalue weighted by Crippen LogP contribution is -2.36. The summed E-state index contributed by atoms with van der Waals surface area (Å²) in [6.45, 7) is 4.18. The number of carbonyl (C=O) groups is 2. The van der Waals surface area contributed by atoms with Crippen molar-refractivity contribution in [1.82, 2.24) is 4.90 Å². The Morgan fingerprint density at radius 3 is 2.22 bits per heavy atom. The lowest BCUT2D eigenvalue weighted by molar-refractivity contribution is -0.137. The molecule has 0 unspecified atom stereocenters. The van der Waals surface area contributed by atoms with Crippen LogP contribution in [0.3, 0.4) is 0 Å². The molecule has 1 aromatic rings. The average Bonchev–Trinajstić information content (AvgIpc) is 2.37. The topological polar surface area (TPSA) is 57.6 Å². The van der Waals surface area contributed by atoms with Gasteiger partial charge in [0.2, 0.25) is 0 Å². The predicted octanol–water partition coefficient (Wildman–Crippen LogP) is 2.19. The van der Waals surface area contributed by atoms with Gasteiger partial charge in [-0.15, -0.1) is 0 Å². The van der Waals surface area contributed by atoms with Crippen molar-refractivity contribution in [3.8, 4) is 0 Å². The number of hydrogen-bond acceptors (Lipinski definition) is 2. The summed E-state index contributed by atoms with van der Waals surface area (Å²) in [5, 5.41) is 8.79. The van der Waals surface area contributed by atoms with Crippen LogP contribution in [0.15, 0.2) is 24.3 Å². The SMILES string of the molecule is CCCN(CC(=O)O)C(=O)c1ccc(CC)cc1. The molecule has 1 N–H and O–H groups in total. The first kappa shape index (κ1) is 14.2. The molecule has 0 aliphatic rings. The summed E-state index contributed by atoms with van der Waals surface area (Å²) >= 11 is 0. The highest BCUT2D eigenvalue weighted by Crippen LogP contribution is 2.09. The van der Waals surface area contributed by atoms with Crippen LogP contribution in [0.2, 0.25) is 0 Å². The van der Waals surface area contributed by atoms with Crippen LogP contribution in [0.25, 0.3) is 0 Å². The molecule has 4 heteroatoms. The van der Waals surface area contributed by atoms with E-state index >= 15 is 0 Å². The van der Waals surface area contributed by atoms with Gasteiger partial charge in [0.25, 0.3) is 5.91 Å². The van der Waals surface area contributed by atoms with E-state index in [4.69, 9.17) is 5.11 Å². The van der Waals surface area contributed by atoms with E-state index < -0.39 is 5.97 Å². The minimum atomic E-state index is -0.984. The lowest BCUT2D eigenvalue weighted by Gasteiger charge is -2.20. The maximum absolute atomic E-state index is 12.1. The Morgan fingerprint density at radius 2 is 1.78 bits per heavy atom. The second-order valence-electron chi connectivity index (χ2n) is 4.17. The molecule has 0 saturated heterocycles. The van der Waals surface area contributed by atoms with Crippen molar-refractivity contribution in [2.45, 2.75) is 26.7 Å². The zero-order valence-electron chi connectivity index (χ0n) is 10.8. The maximum atomic E-state index is 12.1. The Hall–Kier alpha value is -1.84. The van der Waals surface area contributed by atoms with Crippen LogP contribution in [-0.2, 0) is 11.2 Å². The highest BCUT2D eigenvalue weighted by Gasteiger charge is 2.17. The fraction of sp³-hybridized carbons (Fsp3) is 0.429. The number of rotatable bonds is 6. The summed E-state index contributed by atoms with van der Waals surface area (Å²) in [7, 11) is 0. The highest BCUT2D eigenvalue weighted by molar-refractivity contribution is 5.95. The predicted molar refractivity (Wildman–Crippen MR) is 69.7 cm³/mol. The molecule has 18 heavy (non-hydrogen) atoms. The van der Waals surface area contributed by atoms with E-state index in [2.05, 4.69) is 0 Å². The Kier molecular flexibility index (Phi) is 5.36. The van der Waals surface area contributed by atoms with E-state index in [0.29, 0.717) is 12.1 Å². The highest BCUT2D eigenvalue weighted by atomic mass is 16.4. The third-order valence-corrected chi connectivity index (χ3v) is 2.72. The van der Waals surface area contributed by atoms with Gasteiger partial charge < -0.3 is 10.0 Å². The van der Waals surface area contributed by atoms with Crippen LogP contribution in [0.1, 0.15) is 36.2 Å². The molecule has 0 heterocycles. The minimum Gasteiger partial charge on any atom is -0.480 e. The molecule has 0 atom stereocenters. The molecule has 0 aromatic heterocycles. The Balaban J connectivity index is 2.83. The van der Waals surface area contributed by atoms with Crippen molar-refractivity contribution in [3.05, 3.63) is 35.4 Å². The van der Waals surface area contributed by atoms with Gasteiger partial charge in [0.05, 0.1) is 0 Å². The van der Waals surface area contributed by atoms with Gasteiger partial charge in [-0.3, -0.25) is 9.59 Å². The average molecular weight is 249 g/mol. The zero-order valence-corrected chi connectivity index (χ0v) is 10.8. The number of hydrogen-bond donors (Lipinski definition) is 1. The summed E-state index contributed by atoms with van der Waals surface area (Å²) in [6, 6.07) is 7.31. The fourth-order valence-electron chi connectivity index (χ4n) is 1.75. The molecule has 0 spiro atoms. The third-order valence-electron chi connectivity index (χ3n) is 2.72. The number of carbonyl (C=O) groups excluding carboxylic acids is 1. The summed E-state index contributed by atoms with van der Waals surface area (Å²) in [5.74, 6) is -1.20. The molecule has 1 aromatic carbocycles. The van der Waals surface area contributed by atoms with Crippen molar-refractivity contribution >= 4 is 11.9 Å². The van der Waals surface area contributed by atoms with Crippen molar-refractivity contribution in [3.63, 3.8) is 0 Å². The van der Waals surface area contributed by atoms with E-state index in [-0.39, 0.29) is 12.5 Å². The number of aryl methyl sites for hydroxylation is 1. The Bertz CT molecular complexity index is 412. The van der Waals surface area contributed by atoms with Crippen molar-refractivity contribution in [1.29, 1.82) is 0 Å². The smallest absolute Gasteiger partial charge is 0.323 e. The minimum absolute atomic E-state index is 0.220. The van der Waals surface area contributed by atoms with Gasteiger partial charge in [0.15, 0.2) is 0 Å². The molecular weight excluding hydrogens is 230 g/mol. The Labute approximate surface area is 107 Å². The van der Waals surface area contributed by atoms with Gasteiger partial charge in [-0.05, 0) is 30.5 Å². The molecule has 0 radical (unpaired) electrons. The van der Waals surface area contributed by atoms with Crippen LogP contribution >= 0.6 is 0 Å². The first-order chi connectivity index (χ1) is 8.58. The Morgan fingerprint density at radius 1 is 1.17 bits per heavy atom. The summed E-state index contributed by atoms with van der Waals surface area (Å²) in [4.78, 5) is 24.2. The molecule has 98 valence electrons.